The van der Waals surface area contributed by atoms with Crippen LogP contribution in [-0.2, 0) is 0 Å². The van der Waals surface area contributed by atoms with E-state index < -0.39 is 5.60 Å². The van der Waals surface area contributed by atoms with E-state index in [0.29, 0.717) is 0 Å². The highest BCUT2D eigenvalue weighted by molar-refractivity contribution is 5.11. The first-order valence-electron chi connectivity index (χ1n) is 5.88. The van der Waals surface area contributed by atoms with Crippen molar-refractivity contribution in [3.05, 3.63) is 0 Å². The summed E-state index contributed by atoms with van der Waals surface area (Å²) in [5.41, 5.74) is 5.72. The van der Waals surface area contributed by atoms with E-state index in [1.165, 1.54) is 12.8 Å². The van der Waals surface area contributed by atoms with E-state index in [4.69, 9.17) is 5.73 Å². The van der Waals surface area contributed by atoms with Crippen LogP contribution < -0.4 is 5.73 Å². The molecular weight excluding hydrogens is 174 g/mol. The maximum Gasteiger partial charge on any atom is 0.0831 e. The van der Waals surface area contributed by atoms with Gasteiger partial charge in [-0.15, -0.1) is 0 Å². The number of hydrogen-bond donors (Lipinski definition) is 2. The third-order valence-electron chi connectivity index (χ3n) is 4.39. The van der Waals surface area contributed by atoms with Crippen LogP contribution in [0, 0.1) is 5.41 Å². The lowest BCUT2D eigenvalue weighted by Gasteiger charge is -2.55. The molecule has 0 amide bonds. The van der Waals surface area contributed by atoms with Gasteiger partial charge in [0.15, 0.2) is 0 Å². The average molecular weight is 197 g/mol. The summed E-state index contributed by atoms with van der Waals surface area (Å²) in [4.78, 5) is 0. The predicted octanol–water partition coefficient (Wildman–Crippen LogP) is 2.20. The van der Waals surface area contributed by atoms with Crippen molar-refractivity contribution >= 4 is 0 Å². The van der Waals surface area contributed by atoms with E-state index in [9.17, 15) is 5.11 Å². The van der Waals surface area contributed by atoms with Crippen LogP contribution in [0.1, 0.15) is 58.8 Å². The SMILES string of the molecule is CC1(C)CCCC(O)(C2(N)CCC2)C1. The maximum absolute atomic E-state index is 10.7. The topological polar surface area (TPSA) is 46.2 Å². The highest BCUT2D eigenvalue weighted by atomic mass is 16.3. The van der Waals surface area contributed by atoms with Crippen LogP contribution in [0.25, 0.3) is 0 Å². The van der Waals surface area contributed by atoms with Gasteiger partial charge < -0.3 is 10.8 Å². The Balaban J connectivity index is 2.14. The number of rotatable bonds is 1. The second kappa shape index (κ2) is 2.96. The van der Waals surface area contributed by atoms with Gasteiger partial charge in [0, 0.05) is 5.54 Å². The smallest absolute Gasteiger partial charge is 0.0831 e. The molecule has 2 rings (SSSR count). The fourth-order valence-corrected chi connectivity index (χ4v) is 3.28. The van der Waals surface area contributed by atoms with Gasteiger partial charge in [-0.3, -0.25) is 0 Å². The van der Waals surface area contributed by atoms with Crippen LogP contribution in [0.5, 0.6) is 0 Å². The first-order valence-corrected chi connectivity index (χ1v) is 5.88. The van der Waals surface area contributed by atoms with Gasteiger partial charge in [0.1, 0.15) is 0 Å². The van der Waals surface area contributed by atoms with Gasteiger partial charge in [-0.25, -0.2) is 0 Å². The Bertz CT molecular complexity index is 232. The molecular formula is C12H23NO. The number of hydrogen-bond acceptors (Lipinski definition) is 2. The molecule has 0 bridgehead atoms. The van der Waals surface area contributed by atoms with Crippen molar-refractivity contribution in [3.8, 4) is 0 Å². The van der Waals surface area contributed by atoms with Gasteiger partial charge in [0.25, 0.3) is 0 Å². The Morgan fingerprint density at radius 3 is 2.00 bits per heavy atom. The molecule has 3 N–H and O–H groups in total. The van der Waals surface area contributed by atoms with Crippen LogP contribution in [0.15, 0.2) is 0 Å². The number of nitrogens with two attached hydrogens (primary N) is 1. The molecule has 2 saturated carbocycles. The molecule has 0 heterocycles. The van der Waals surface area contributed by atoms with Crippen LogP contribution in [0.2, 0.25) is 0 Å². The summed E-state index contributed by atoms with van der Waals surface area (Å²) >= 11 is 0. The molecule has 0 aromatic rings. The Morgan fingerprint density at radius 2 is 1.57 bits per heavy atom. The fraction of sp³-hybridized carbons (Fsp3) is 1.00. The Kier molecular flexibility index (Phi) is 2.20. The Morgan fingerprint density at radius 1 is 1.00 bits per heavy atom. The van der Waals surface area contributed by atoms with Crippen molar-refractivity contribution in [1.82, 2.24) is 0 Å². The van der Waals surface area contributed by atoms with Crippen molar-refractivity contribution in [2.45, 2.75) is 69.9 Å². The summed E-state index contributed by atoms with van der Waals surface area (Å²) in [5, 5.41) is 10.7. The minimum atomic E-state index is -0.576. The van der Waals surface area contributed by atoms with Crippen LogP contribution in [0.3, 0.4) is 0 Å². The first-order chi connectivity index (χ1) is 6.37. The molecule has 2 nitrogen and oxygen atoms in total. The van der Waals surface area contributed by atoms with Crippen LogP contribution >= 0.6 is 0 Å². The van der Waals surface area contributed by atoms with E-state index >= 15 is 0 Å². The lowest BCUT2D eigenvalue weighted by molar-refractivity contribution is -0.121. The zero-order chi connectivity index (χ0) is 10.4. The highest BCUT2D eigenvalue weighted by Gasteiger charge is 2.54. The van der Waals surface area contributed by atoms with Crippen molar-refractivity contribution in [2.75, 3.05) is 0 Å². The largest absolute Gasteiger partial charge is 0.388 e. The molecule has 1 unspecified atom stereocenters. The fourth-order valence-electron chi connectivity index (χ4n) is 3.28. The van der Waals surface area contributed by atoms with E-state index in [0.717, 1.165) is 32.1 Å². The van der Waals surface area contributed by atoms with Crippen molar-refractivity contribution in [2.24, 2.45) is 11.1 Å². The number of aliphatic hydroxyl groups is 1. The lowest BCUT2D eigenvalue weighted by Crippen LogP contribution is -2.66. The molecule has 0 aromatic carbocycles. The van der Waals surface area contributed by atoms with Crippen molar-refractivity contribution in [3.63, 3.8) is 0 Å². The highest BCUT2D eigenvalue weighted by Crippen LogP contribution is 2.50. The summed E-state index contributed by atoms with van der Waals surface area (Å²) in [6, 6.07) is 0. The second-order valence-electron chi connectivity index (χ2n) is 6.24. The monoisotopic (exact) mass is 197 g/mol. The molecule has 2 heteroatoms. The van der Waals surface area contributed by atoms with Crippen molar-refractivity contribution < 1.29 is 5.11 Å². The average Bonchev–Trinajstić information content (AvgIpc) is 1.97. The molecule has 14 heavy (non-hydrogen) atoms. The Hall–Kier alpha value is -0.0800. The molecule has 0 spiro atoms. The van der Waals surface area contributed by atoms with Gasteiger partial charge >= 0.3 is 0 Å². The van der Waals surface area contributed by atoms with Gasteiger partial charge in [0.2, 0.25) is 0 Å². The predicted molar refractivity (Wildman–Crippen MR) is 58.0 cm³/mol. The molecule has 1 atom stereocenters. The summed E-state index contributed by atoms with van der Waals surface area (Å²) in [7, 11) is 0. The zero-order valence-electron chi connectivity index (χ0n) is 9.47. The zero-order valence-corrected chi connectivity index (χ0v) is 9.47. The molecule has 0 saturated heterocycles. The maximum atomic E-state index is 10.7. The van der Waals surface area contributed by atoms with E-state index in [1.807, 2.05) is 0 Å². The normalized spacial score (nSPS) is 40.3. The van der Waals surface area contributed by atoms with E-state index in [2.05, 4.69) is 13.8 Å². The van der Waals surface area contributed by atoms with E-state index in [-0.39, 0.29) is 11.0 Å². The molecule has 2 aliphatic rings. The molecule has 0 aromatic heterocycles. The first kappa shape index (κ1) is 10.4. The second-order valence-corrected chi connectivity index (χ2v) is 6.24. The summed E-state index contributed by atoms with van der Waals surface area (Å²) in [6.45, 7) is 4.50. The third kappa shape index (κ3) is 1.49. The van der Waals surface area contributed by atoms with Crippen LogP contribution in [-0.4, -0.2) is 16.2 Å². The molecule has 0 radical (unpaired) electrons. The quantitative estimate of drug-likeness (QED) is 0.677. The van der Waals surface area contributed by atoms with Crippen molar-refractivity contribution in [1.29, 1.82) is 0 Å². The molecule has 0 aliphatic heterocycles. The Labute approximate surface area is 86.9 Å². The minimum absolute atomic E-state index is 0.259. The van der Waals surface area contributed by atoms with Gasteiger partial charge in [-0.1, -0.05) is 13.8 Å². The van der Waals surface area contributed by atoms with Gasteiger partial charge in [0.05, 0.1) is 5.60 Å². The minimum Gasteiger partial charge on any atom is -0.388 e. The molecule has 2 fully saturated rings. The van der Waals surface area contributed by atoms with Crippen LogP contribution in [0.4, 0.5) is 0 Å². The van der Waals surface area contributed by atoms with E-state index in [1.54, 1.807) is 0 Å². The molecule has 2 aliphatic carbocycles. The third-order valence-corrected chi connectivity index (χ3v) is 4.39. The standard InChI is InChI=1S/C12H23NO/c1-10(2)5-3-8-12(14,9-10)11(13)6-4-7-11/h14H,3-9,13H2,1-2H3. The summed E-state index contributed by atoms with van der Waals surface area (Å²) in [6.07, 6.45) is 7.37. The summed E-state index contributed by atoms with van der Waals surface area (Å²) < 4.78 is 0. The lowest BCUT2D eigenvalue weighted by atomic mass is 9.57. The molecule has 82 valence electrons. The van der Waals surface area contributed by atoms with Gasteiger partial charge in [-0.05, 0) is 50.4 Å². The van der Waals surface area contributed by atoms with Gasteiger partial charge in [-0.2, -0.15) is 0 Å². The summed E-state index contributed by atoms with van der Waals surface area (Å²) in [5.74, 6) is 0.